The van der Waals surface area contributed by atoms with Crippen LogP contribution in [0.25, 0.3) is 0 Å². The van der Waals surface area contributed by atoms with Crippen molar-refractivity contribution in [2.75, 3.05) is 41.3 Å². The average Bonchev–Trinajstić information content (AvgIpc) is 2.65. The number of piperidine rings is 1. The highest BCUT2D eigenvalue weighted by Crippen LogP contribution is 2.44. The molecule has 3 aliphatic rings. The monoisotopic (exact) mass is 294 g/mol. The first-order valence-corrected chi connectivity index (χ1v) is 8.73. The minimum Gasteiger partial charge on any atom is -0.329 e. The molecule has 21 heavy (non-hydrogen) atoms. The van der Waals surface area contributed by atoms with Crippen LogP contribution in [0.5, 0.6) is 0 Å². The van der Waals surface area contributed by atoms with Crippen LogP contribution in [-0.4, -0.2) is 79.1 Å². The molecular formula is C17H34N4. The van der Waals surface area contributed by atoms with Gasteiger partial charge < -0.3 is 15.5 Å². The molecule has 2 unspecified atom stereocenters. The van der Waals surface area contributed by atoms with Gasteiger partial charge in [0.2, 0.25) is 0 Å². The third-order valence-corrected chi connectivity index (χ3v) is 7.17. The zero-order valence-electron chi connectivity index (χ0n) is 14.4. The Labute approximate surface area is 130 Å². The maximum absolute atomic E-state index is 6.32. The number of hydrogen-bond acceptors (Lipinski definition) is 4. The van der Waals surface area contributed by atoms with E-state index < -0.39 is 0 Å². The zero-order valence-corrected chi connectivity index (χ0v) is 14.4. The highest BCUT2D eigenvalue weighted by molar-refractivity contribution is 5.08. The van der Waals surface area contributed by atoms with Crippen molar-refractivity contribution in [2.24, 2.45) is 5.73 Å². The highest BCUT2D eigenvalue weighted by Gasteiger charge is 2.50. The second-order valence-electron chi connectivity index (χ2n) is 8.22. The second kappa shape index (κ2) is 5.48. The third-order valence-electron chi connectivity index (χ3n) is 7.17. The molecule has 1 saturated carbocycles. The van der Waals surface area contributed by atoms with Crippen LogP contribution in [-0.2, 0) is 0 Å². The fraction of sp³-hybridized carbons (Fsp3) is 1.00. The molecule has 0 amide bonds. The molecule has 2 aliphatic heterocycles. The summed E-state index contributed by atoms with van der Waals surface area (Å²) in [5.41, 5.74) is 6.95. The van der Waals surface area contributed by atoms with E-state index in [9.17, 15) is 0 Å². The molecule has 2 heterocycles. The molecule has 0 spiro atoms. The molecule has 0 aromatic heterocycles. The van der Waals surface area contributed by atoms with Gasteiger partial charge in [0.05, 0.1) is 0 Å². The van der Waals surface area contributed by atoms with E-state index in [-0.39, 0.29) is 5.54 Å². The second-order valence-corrected chi connectivity index (χ2v) is 8.22. The molecule has 122 valence electrons. The molecule has 2 saturated heterocycles. The lowest BCUT2D eigenvalue weighted by Crippen LogP contribution is -2.66. The fourth-order valence-electron chi connectivity index (χ4n) is 5.12. The summed E-state index contributed by atoms with van der Waals surface area (Å²) in [5.74, 6) is 0. The Hall–Kier alpha value is -0.160. The van der Waals surface area contributed by atoms with Crippen molar-refractivity contribution in [3.8, 4) is 0 Å². The van der Waals surface area contributed by atoms with Gasteiger partial charge in [-0.15, -0.1) is 0 Å². The molecule has 3 rings (SSSR count). The highest BCUT2D eigenvalue weighted by atomic mass is 15.3. The van der Waals surface area contributed by atoms with Gasteiger partial charge in [0, 0.05) is 36.3 Å². The van der Waals surface area contributed by atoms with Gasteiger partial charge in [-0.1, -0.05) is 0 Å². The third kappa shape index (κ3) is 2.44. The molecule has 0 aromatic rings. The van der Waals surface area contributed by atoms with E-state index in [1.807, 2.05) is 0 Å². The molecule has 4 heteroatoms. The van der Waals surface area contributed by atoms with E-state index in [1.54, 1.807) is 0 Å². The first kappa shape index (κ1) is 15.7. The van der Waals surface area contributed by atoms with Crippen LogP contribution in [0.2, 0.25) is 0 Å². The normalized spacial score (nSPS) is 39.0. The van der Waals surface area contributed by atoms with Crippen molar-refractivity contribution in [3.63, 3.8) is 0 Å². The molecule has 1 aliphatic carbocycles. The summed E-state index contributed by atoms with van der Waals surface area (Å²) >= 11 is 0. The van der Waals surface area contributed by atoms with Gasteiger partial charge in [0.25, 0.3) is 0 Å². The van der Waals surface area contributed by atoms with Crippen molar-refractivity contribution in [3.05, 3.63) is 0 Å². The van der Waals surface area contributed by atoms with Crippen LogP contribution in [0, 0.1) is 0 Å². The molecule has 2 atom stereocenters. The molecule has 0 aromatic carbocycles. The largest absolute Gasteiger partial charge is 0.329 e. The molecule has 2 bridgehead atoms. The summed E-state index contributed by atoms with van der Waals surface area (Å²) in [5, 5.41) is 0. The van der Waals surface area contributed by atoms with Crippen LogP contribution in [0.15, 0.2) is 0 Å². The maximum Gasteiger partial charge on any atom is 0.0359 e. The van der Waals surface area contributed by atoms with Gasteiger partial charge in [0.15, 0.2) is 0 Å². The van der Waals surface area contributed by atoms with Crippen LogP contribution in [0.1, 0.15) is 44.9 Å². The van der Waals surface area contributed by atoms with Gasteiger partial charge in [0.1, 0.15) is 0 Å². The minimum atomic E-state index is 0.233. The molecule has 3 fully saturated rings. The zero-order chi connectivity index (χ0) is 15.3. The Kier molecular flexibility index (Phi) is 4.11. The Bertz CT molecular complexity index is 363. The smallest absolute Gasteiger partial charge is 0.0359 e. The first-order valence-electron chi connectivity index (χ1n) is 8.73. The van der Waals surface area contributed by atoms with E-state index in [1.165, 1.54) is 51.5 Å². The fourth-order valence-corrected chi connectivity index (χ4v) is 5.12. The summed E-state index contributed by atoms with van der Waals surface area (Å²) in [6.45, 7) is 1.99. The summed E-state index contributed by atoms with van der Waals surface area (Å²) in [6, 6.07) is 1.51. The minimum absolute atomic E-state index is 0.233. The summed E-state index contributed by atoms with van der Waals surface area (Å²) in [7, 11) is 9.15. The number of nitrogens with two attached hydrogens (primary N) is 1. The Balaban J connectivity index is 1.74. The number of fused-ring (bicyclic) bond motifs is 2. The van der Waals surface area contributed by atoms with E-state index >= 15 is 0 Å². The predicted molar refractivity (Wildman–Crippen MR) is 88.5 cm³/mol. The SMILES string of the molecule is CN1C2CCC1CC(CN)(N(C)CC1(N(C)C)CCC1)C2. The lowest BCUT2D eigenvalue weighted by atomic mass is 9.73. The summed E-state index contributed by atoms with van der Waals surface area (Å²) < 4.78 is 0. The predicted octanol–water partition coefficient (Wildman–Crippen LogP) is 1.36. The van der Waals surface area contributed by atoms with E-state index in [2.05, 4.69) is 42.9 Å². The van der Waals surface area contributed by atoms with E-state index in [4.69, 9.17) is 5.73 Å². The van der Waals surface area contributed by atoms with Crippen molar-refractivity contribution in [2.45, 2.75) is 68.1 Å². The van der Waals surface area contributed by atoms with Crippen molar-refractivity contribution < 1.29 is 0 Å². The average molecular weight is 294 g/mol. The quantitative estimate of drug-likeness (QED) is 0.830. The van der Waals surface area contributed by atoms with Crippen LogP contribution in [0.3, 0.4) is 0 Å². The lowest BCUT2D eigenvalue weighted by molar-refractivity contribution is -0.0395. The van der Waals surface area contributed by atoms with Crippen LogP contribution in [0.4, 0.5) is 0 Å². The topological polar surface area (TPSA) is 35.7 Å². The molecule has 4 nitrogen and oxygen atoms in total. The number of likely N-dealkylation sites (N-methyl/N-ethyl adjacent to an activating group) is 2. The van der Waals surface area contributed by atoms with Gasteiger partial charge in [-0.3, -0.25) is 4.90 Å². The Morgan fingerprint density at radius 3 is 2.00 bits per heavy atom. The molecular weight excluding hydrogens is 260 g/mol. The van der Waals surface area contributed by atoms with E-state index in [0.717, 1.165) is 18.6 Å². The number of hydrogen-bond donors (Lipinski definition) is 1. The van der Waals surface area contributed by atoms with Gasteiger partial charge in [-0.25, -0.2) is 0 Å². The first-order chi connectivity index (χ1) is 9.92. The number of nitrogens with zero attached hydrogens (tertiary/aromatic N) is 3. The van der Waals surface area contributed by atoms with Gasteiger partial charge in [-0.2, -0.15) is 0 Å². The van der Waals surface area contributed by atoms with E-state index in [0.29, 0.717) is 5.54 Å². The van der Waals surface area contributed by atoms with Crippen LogP contribution < -0.4 is 5.73 Å². The van der Waals surface area contributed by atoms with Crippen molar-refractivity contribution >= 4 is 0 Å². The van der Waals surface area contributed by atoms with Crippen molar-refractivity contribution in [1.82, 2.24) is 14.7 Å². The van der Waals surface area contributed by atoms with Crippen molar-refractivity contribution in [1.29, 1.82) is 0 Å². The molecule has 2 N–H and O–H groups in total. The maximum atomic E-state index is 6.32. The van der Waals surface area contributed by atoms with Crippen LogP contribution >= 0.6 is 0 Å². The summed E-state index contributed by atoms with van der Waals surface area (Å²) in [6.07, 6.45) is 9.34. The number of rotatable bonds is 5. The van der Waals surface area contributed by atoms with Gasteiger partial charge >= 0.3 is 0 Å². The molecule has 0 radical (unpaired) electrons. The lowest BCUT2D eigenvalue weighted by Gasteiger charge is -2.55. The summed E-state index contributed by atoms with van der Waals surface area (Å²) in [4.78, 5) is 7.72. The standard InChI is InChI=1S/C17H34N4/c1-19(2)16(8-5-9-16)13-20(3)17(12-18)10-14-6-7-15(11-17)21(14)4/h14-15H,5-13,18H2,1-4H3. The Morgan fingerprint density at radius 2 is 1.62 bits per heavy atom. The van der Waals surface area contributed by atoms with Gasteiger partial charge in [-0.05, 0) is 73.1 Å². The Morgan fingerprint density at radius 1 is 1.05 bits per heavy atom.